The van der Waals surface area contributed by atoms with Gasteiger partial charge in [-0.25, -0.2) is 12.7 Å². The molecule has 0 spiro atoms. The van der Waals surface area contributed by atoms with E-state index in [2.05, 4.69) is 17.0 Å². The summed E-state index contributed by atoms with van der Waals surface area (Å²) in [6.07, 6.45) is 0. The van der Waals surface area contributed by atoms with Gasteiger partial charge in [0, 0.05) is 65.6 Å². The van der Waals surface area contributed by atoms with Crippen molar-refractivity contribution in [3.63, 3.8) is 0 Å². The van der Waals surface area contributed by atoms with Crippen LogP contribution in [0.2, 0.25) is 0 Å². The normalized spacial score (nSPS) is 14.9. The molecule has 0 aromatic heterocycles. The van der Waals surface area contributed by atoms with Gasteiger partial charge in [-0.1, -0.05) is 18.2 Å². The lowest BCUT2D eigenvalue weighted by atomic mass is 10.1. The zero-order valence-electron chi connectivity index (χ0n) is 17.4. The van der Waals surface area contributed by atoms with Gasteiger partial charge in [0.25, 0.3) is 5.91 Å². The second kappa shape index (κ2) is 8.42. The Morgan fingerprint density at radius 3 is 2.07 bits per heavy atom. The second-order valence-electron chi connectivity index (χ2n) is 7.48. The fourth-order valence-corrected chi connectivity index (χ4v) is 4.59. The summed E-state index contributed by atoms with van der Waals surface area (Å²) in [5.41, 5.74) is 2.10. The van der Waals surface area contributed by atoms with E-state index in [9.17, 15) is 13.2 Å². The van der Waals surface area contributed by atoms with Crippen LogP contribution in [0.5, 0.6) is 0 Å². The number of para-hydroxylation sites is 1. The lowest BCUT2D eigenvalue weighted by Gasteiger charge is -2.36. The summed E-state index contributed by atoms with van der Waals surface area (Å²) in [7, 11) is 2.88. The second-order valence-corrected chi connectivity index (χ2v) is 9.60. The largest absolute Gasteiger partial charge is 0.377 e. The third-order valence-corrected chi connectivity index (χ3v) is 6.98. The highest BCUT2D eigenvalue weighted by atomic mass is 32.2. The predicted molar refractivity (Wildman–Crippen MR) is 116 cm³/mol. The minimum atomic E-state index is -3.67. The Hall–Kier alpha value is -2.58. The summed E-state index contributed by atoms with van der Waals surface area (Å²) < 4.78 is 26.7. The first-order valence-corrected chi connectivity index (χ1v) is 11.0. The minimum Gasteiger partial charge on any atom is -0.377 e. The van der Waals surface area contributed by atoms with Crippen LogP contribution in [0.4, 0.5) is 11.4 Å². The Balaban J connectivity index is 1.81. The number of carbonyl (C=O) groups is 1. The molecule has 3 rings (SSSR count). The van der Waals surface area contributed by atoms with Crippen molar-refractivity contribution < 1.29 is 13.2 Å². The molecule has 0 bridgehead atoms. The maximum atomic E-state index is 13.1. The number of piperazine rings is 1. The molecule has 2 aromatic carbocycles. The average Bonchev–Trinajstić information content (AvgIpc) is 2.73. The number of benzene rings is 2. The average molecular weight is 417 g/mol. The van der Waals surface area contributed by atoms with Crippen molar-refractivity contribution in [1.82, 2.24) is 9.21 Å². The van der Waals surface area contributed by atoms with Crippen LogP contribution >= 0.6 is 0 Å². The van der Waals surface area contributed by atoms with Crippen molar-refractivity contribution in [1.29, 1.82) is 0 Å². The zero-order valence-corrected chi connectivity index (χ0v) is 18.2. The summed E-state index contributed by atoms with van der Waals surface area (Å²) >= 11 is 0. The first-order chi connectivity index (χ1) is 13.7. The lowest BCUT2D eigenvalue weighted by molar-refractivity contribution is 0.0746. The molecule has 0 aliphatic carbocycles. The molecule has 156 valence electrons. The van der Waals surface area contributed by atoms with Gasteiger partial charge in [-0.05, 0) is 30.3 Å². The molecule has 2 aromatic rings. The number of rotatable bonds is 5. The molecule has 29 heavy (non-hydrogen) atoms. The highest BCUT2D eigenvalue weighted by Gasteiger charge is 2.27. The van der Waals surface area contributed by atoms with Crippen molar-refractivity contribution in [3.8, 4) is 0 Å². The number of anilines is 2. The van der Waals surface area contributed by atoms with E-state index in [1.165, 1.54) is 24.5 Å². The zero-order chi connectivity index (χ0) is 21.2. The van der Waals surface area contributed by atoms with Gasteiger partial charge in [0.2, 0.25) is 10.0 Å². The molecular weight excluding hydrogens is 388 g/mol. The number of sulfonamides is 1. The van der Waals surface area contributed by atoms with Crippen LogP contribution in [0.15, 0.2) is 53.4 Å². The number of hydrogen-bond acceptors (Lipinski definition) is 5. The monoisotopic (exact) mass is 416 g/mol. The maximum Gasteiger partial charge on any atom is 0.254 e. The topological polar surface area (TPSA) is 64.2 Å². The third kappa shape index (κ3) is 4.38. The standard InChI is InChI=1S/C21H28N4O3S/c1-22(2)19-11-10-17(16-20(19)29(27,28)23(3)4)21(26)25-14-12-24(13-15-25)18-8-6-5-7-9-18/h5-11,16H,12-15H2,1-4H3. The van der Waals surface area contributed by atoms with E-state index in [1.54, 1.807) is 36.0 Å². The van der Waals surface area contributed by atoms with E-state index >= 15 is 0 Å². The summed E-state index contributed by atoms with van der Waals surface area (Å²) in [6.45, 7) is 2.68. The van der Waals surface area contributed by atoms with Gasteiger partial charge in [-0.2, -0.15) is 0 Å². The van der Waals surface area contributed by atoms with Crippen LogP contribution in [0.1, 0.15) is 10.4 Å². The smallest absolute Gasteiger partial charge is 0.254 e. The maximum absolute atomic E-state index is 13.1. The number of carbonyl (C=O) groups excluding carboxylic acids is 1. The van der Waals surface area contributed by atoms with Gasteiger partial charge in [0.15, 0.2) is 0 Å². The van der Waals surface area contributed by atoms with Crippen molar-refractivity contribution >= 4 is 27.3 Å². The van der Waals surface area contributed by atoms with Crippen molar-refractivity contribution in [3.05, 3.63) is 54.1 Å². The Kier molecular flexibility index (Phi) is 6.14. The quantitative estimate of drug-likeness (QED) is 0.746. The molecule has 0 atom stereocenters. The summed E-state index contributed by atoms with van der Waals surface area (Å²) in [4.78, 5) is 19.0. The first kappa shape index (κ1) is 21.1. The van der Waals surface area contributed by atoms with Gasteiger partial charge in [0.1, 0.15) is 4.90 Å². The van der Waals surface area contributed by atoms with Crippen molar-refractivity contribution in [2.75, 3.05) is 64.2 Å². The SMILES string of the molecule is CN(C)c1ccc(C(=O)N2CCN(c3ccccc3)CC2)cc1S(=O)(=O)N(C)C. The molecule has 1 heterocycles. The summed E-state index contributed by atoms with van der Waals surface area (Å²) in [5, 5.41) is 0. The predicted octanol–water partition coefficient (Wildman–Crippen LogP) is 1.97. The Labute approximate surface area is 173 Å². The molecule has 0 saturated carbocycles. The van der Waals surface area contributed by atoms with Gasteiger partial charge in [-0.15, -0.1) is 0 Å². The van der Waals surface area contributed by atoms with Crippen LogP contribution in [0.25, 0.3) is 0 Å². The van der Waals surface area contributed by atoms with E-state index in [0.29, 0.717) is 24.3 Å². The summed E-state index contributed by atoms with van der Waals surface area (Å²) in [6, 6.07) is 15.0. The molecule has 0 N–H and O–H groups in total. The van der Waals surface area contributed by atoms with Crippen LogP contribution in [0.3, 0.4) is 0 Å². The molecule has 1 aliphatic heterocycles. The fourth-order valence-electron chi connectivity index (χ4n) is 3.41. The molecule has 8 heteroatoms. The number of nitrogens with zero attached hydrogens (tertiary/aromatic N) is 4. The van der Waals surface area contributed by atoms with Crippen molar-refractivity contribution in [2.45, 2.75) is 4.90 Å². The van der Waals surface area contributed by atoms with Crippen LogP contribution in [0, 0.1) is 0 Å². The van der Waals surface area contributed by atoms with E-state index in [1.807, 2.05) is 18.2 Å². The van der Waals surface area contributed by atoms with Crippen molar-refractivity contribution in [2.24, 2.45) is 0 Å². The van der Waals surface area contributed by atoms with E-state index in [4.69, 9.17) is 0 Å². The number of amides is 1. The fraction of sp³-hybridized carbons (Fsp3) is 0.381. The minimum absolute atomic E-state index is 0.140. The van der Waals surface area contributed by atoms with E-state index in [0.717, 1.165) is 18.8 Å². The van der Waals surface area contributed by atoms with Crippen LogP contribution < -0.4 is 9.80 Å². The lowest BCUT2D eigenvalue weighted by Crippen LogP contribution is -2.48. The van der Waals surface area contributed by atoms with E-state index < -0.39 is 10.0 Å². The van der Waals surface area contributed by atoms with Gasteiger partial charge in [0.05, 0.1) is 5.69 Å². The van der Waals surface area contributed by atoms with Gasteiger partial charge >= 0.3 is 0 Å². The van der Waals surface area contributed by atoms with Crippen LogP contribution in [-0.2, 0) is 10.0 Å². The van der Waals surface area contributed by atoms with Gasteiger partial charge in [-0.3, -0.25) is 4.79 Å². The highest BCUT2D eigenvalue weighted by molar-refractivity contribution is 7.89. The molecule has 1 amide bonds. The molecular formula is C21H28N4O3S. The van der Waals surface area contributed by atoms with Gasteiger partial charge < -0.3 is 14.7 Å². The highest BCUT2D eigenvalue weighted by Crippen LogP contribution is 2.28. The molecule has 1 aliphatic rings. The Morgan fingerprint density at radius 1 is 0.897 bits per heavy atom. The molecule has 1 fully saturated rings. The summed E-state index contributed by atoms with van der Waals surface area (Å²) in [5.74, 6) is -0.141. The molecule has 0 unspecified atom stereocenters. The number of hydrogen-bond donors (Lipinski definition) is 0. The molecule has 1 saturated heterocycles. The Morgan fingerprint density at radius 2 is 1.52 bits per heavy atom. The molecule has 7 nitrogen and oxygen atoms in total. The van der Waals surface area contributed by atoms with Crippen LogP contribution in [-0.4, -0.2) is 77.9 Å². The third-order valence-electron chi connectivity index (χ3n) is 5.14. The first-order valence-electron chi connectivity index (χ1n) is 9.55. The Bertz CT molecular complexity index is 967. The molecule has 0 radical (unpaired) electrons. The van der Waals surface area contributed by atoms with E-state index in [-0.39, 0.29) is 10.8 Å².